The van der Waals surface area contributed by atoms with Gasteiger partial charge in [-0.05, 0) is 32.1 Å². The molecular formula is C15H26N4O4. The van der Waals surface area contributed by atoms with Crippen molar-refractivity contribution in [3.05, 3.63) is 0 Å². The van der Waals surface area contributed by atoms with Crippen LogP contribution in [0.15, 0.2) is 0 Å². The zero-order valence-corrected chi connectivity index (χ0v) is 13.6. The summed E-state index contributed by atoms with van der Waals surface area (Å²) in [4.78, 5) is 39.7. The van der Waals surface area contributed by atoms with E-state index in [1.807, 2.05) is 6.92 Å². The number of hydrogen-bond donors (Lipinski definition) is 3. The number of hydrogen-bond acceptors (Lipinski definition) is 5. The molecule has 130 valence electrons. The molecule has 0 aromatic heterocycles. The third-order valence-electron chi connectivity index (χ3n) is 4.75. The summed E-state index contributed by atoms with van der Waals surface area (Å²) in [5.74, 6) is -1.04. The Balaban J connectivity index is 2.17. The van der Waals surface area contributed by atoms with E-state index in [0.29, 0.717) is 25.9 Å². The summed E-state index contributed by atoms with van der Waals surface area (Å²) < 4.78 is 0. The molecular weight excluding hydrogens is 300 g/mol. The maximum atomic E-state index is 12.8. The van der Waals surface area contributed by atoms with E-state index in [4.69, 9.17) is 11.5 Å². The van der Waals surface area contributed by atoms with Crippen LogP contribution in [-0.2, 0) is 14.4 Å². The second-order valence-electron chi connectivity index (χ2n) is 6.71. The molecule has 2 heterocycles. The van der Waals surface area contributed by atoms with Crippen molar-refractivity contribution in [1.29, 1.82) is 0 Å². The molecule has 0 spiro atoms. The number of primary amides is 1. The number of aliphatic hydroxyl groups excluding tert-OH is 1. The predicted molar refractivity (Wildman–Crippen MR) is 82.9 cm³/mol. The van der Waals surface area contributed by atoms with Crippen LogP contribution in [0, 0.1) is 5.92 Å². The summed E-state index contributed by atoms with van der Waals surface area (Å²) in [5, 5.41) is 9.54. The SMILES string of the molecule is CC1C[C@@H](C(=O)N2CCC[C@H]2C(N)=O)N(C(=O)[C@@H](N)[C@@H](C)O)C1. The fourth-order valence-electron chi connectivity index (χ4n) is 3.44. The average molecular weight is 326 g/mol. The van der Waals surface area contributed by atoms with E-state index in [1.54, 1.807) is 0 Å². The Kier molecular flexibility index (Phi) is 5.26. The highest BCUT2D eigenvalue weighted by atomic mass is 16.3. The first-order valence-corrected chi connectivity index (χ1v) is 8.08. The lowest BCUT2D eigenvalue weighted by Gasteiger charge is -2.32. The van der Waals surface area contributed by atoms with Crippen molar-refractivity contribution < 1.29 is 19.5 Å². The van der Waals surface area contributed by atoms with Gasteiger partial charge in [0.25, 0.3) is 0 Å². The molecule has 2 aliphatic heterocycles. The highest BCUT2D eigenvalue weighted by Crippen LogP contribution is 2.28. The molecule has 8 nitrogen and oxygen atoms in total. The van der Waals surface area contributed by atoms with Crippen LogP contribution in [0.3, 0.4) is 0 Å². The van der Waals surface area contributed by atoms with Gasteiger partial charge in [0, 0.05) is 13.1 Å². The average Bonchev–Trinajstić information content (AvgIpc) is 3.11. The molecule has 0 aromatic carbocycles. The number of carbonyl (C=O) groups is 3. The van der Waals surface area contributed by atoms with Gasteiger partial charge in [-0.2, -0.15) is 0 Å². The van der Waals surface area contributed by atoms with E-state index in [1.165, 1.54) is 16.7 Å². The van der Waals surface area contributed by atoms with Crippen molar-refractivity contribution in [2.24, 2.45) is 17.4 Å². The fourth-order valence-corrected chi connectivity index (χ4v) is 3.44. The van der Waals surface area contributed by atoms with Gasteiger partial charge in [0.1, 0.15) is 18.1 Å². The maximum Gasteiger partial charge on any atom is 0.246 e. The topological polar surface area (TPSA) is 130 Å². The number of amides is 3. The second-order valence-corrected chi connectivity index (χ2v) is 6.71. The smallest absolute Gasteiger partial charge is 0.246 e. The maximum absolute atomic E-state index is 12.8. The van der Waals surface area contributed by atoms with E-state index in [9.17, 15) is 19.5 Å². The van der Waals surface area contributed by atoms with Crippen LogP contribution < -0.4 is 11.5 Å². The number of nitrogens with two attached hydrogens (primary N) is 2. The standard InChI is InChI=1S/C15H26N4O4/c1-8-6-11(19(7-8)15(23)12(16)9(2)20)14(22)18-5-3-4-10(18)13(17)21/h8-12,20H,3-7,16H2,1-2H3,(H2,17,21)/t8?,9-,10+,11+,12+/m1/s1. The molecule has 23 heavy (non-hydrogen) atoms. The van der Waals surface area contributed by atoms with E-state index in [0.717, 1.165) is 6.42 Å². The number of rotatable bonds is 4. The zero-order valence-electron chi connectivity index (χ0n) is 13.6. The normalized spacial score (nSPS) is 30.3. The van der Waals surface area contributed by atoms with Crippen LogP contribution in [0.4, 0.5) is 0 Å². The van der Waals surface area contributed by atoms with Gasteiger partial charge in [-0.3, -0.25) is 14.4 Å². The lowest BCUT2D eigenvalue weighted by atomic mass is 10.1. The minimum Gasteiger partial charge on any atom is -0.391 e. The Labute approximate surface area is 135 Å². The Morgan fingerprint density at radius 1 is 1.22 bits per heavy atom. The molecule has 5 N–H and O–H groups in total. The van der Waals surface area contributed by atoms with E-state index in [-0.39, 0.29) is 11.8 Å². The lowest BCUT2D eigenvalue weighted by molar-refractivity contribution is -0.147. The summed E-state index contributed by atoms with van der Waals surface area (Å²) in [6.07, 6.45) is 0.825. The Hall–Kier alpha value is -1.67. The van der Waals surface area contributed by atoms with Crippen molar-refractivity contribution in [2.75, 3.05) is 13.1 Å². The quantitative estimate of drug-likeness (QED) is 0.573. The highest BCUT2D eigenvalue weighted by molar-refractivity contribution is 5.93. The van der Waals surface area contributed by atoms with Gasteiger partial charge in [0.2, 0.25) is 17.7 Å². The fraction of sp³-hybridized carbons (Fsp3) is 0.800. The van der Waals surface area contributed by atoms with Crippen LogP contribution in [0.1, 0.15) is 33.1 Å². The van der Waals surface area contributed by atoms with Gasteiger partial charge >= 0.3 is 0 Å². The summed E-state index contributed by atoms with van der Waals surface area (Å²) in [6, 6.07) is -2.29. The van der Waals surface area contributed by atoms with Gasteiger partial charge in [0.05, 0.1) is 6.10 Å². The number of carbonyl (C=O) groups excluding carboxylic acids is 3. The molecule has 0 bridgehead atoms. The number of aliphatic hydroxyl groups is 1. The van der Waals surface area contributed by atoms with E-state index in [2.05, 4.69) is 0 Å². The van der Waals surface area contributed by atoms with Crippen molar-refractivity contribution in [2.45, 2.75) is 57.3 Å². The molecule has 2 rings (SSSR count). The Morgan fingerprint density at radius 3 is 2.43 bits per heavy atom. The largest absolute Gasteiger partial charge is 0.391 e. The summed E-state index contributed by atoms with van der Waals surface area (Å²) in [7, 11) is 0. The van der Waals surface area contributed by atoms with Crippen LogP contribution in [0.25, 0.3) is 0 Å². The molecule has 8 heteroatoms. The first-order chi connectivity index (χ1) is 10.7. The molecule has 0 saturated carbocycles. The van der Waals surface area contributed by atoms with Gasteiger partial charge in [0.15, 0.2) is 0 Å². The van der Waals surface area contributed by atoms with Crippen molar-refractivity contribution >= 4 is 17.7 Å². The zero-order chi connectivity index (χ0) is 17.3. The third kappa shape index (κ3) is 3.48. The first-order valence-electron chi connectivity index (χ1n) is 8.08. The van der Waals surface area contributed by atoms with Crippen molar-refractivity contribution in [1.82, 2.24) is 9.80 Å². The highest BCUT2D eigenvalue weighted by Gasteiger charge is 2.44. The van der Waals surface area contributed by atoms with Gasteiger partial charge in [-0.1, -0.05) is 6.92 Å². The van der Waals surface area contributed by atoms with Crippen LogP contribution in [0.2, 0.25) is 0 Å². The molecule has 2 aliphatic rings. The second kappa shape index (κ2) is 6.84. The van der Waals surface area contributed by atoms with E-state index < -0.39 is 36.0 Å². The first kappa shape index (κ1) is 17.7. The Morgan fingerprint density at radius 2 is 1.87 bits per heavy atom. The summed E-state index contributed by atoms with van der Waals surface area (Å²) >= 11 is 0. The molecule has 0 radical (unpaired) electrons. The van der Waals surface area contributed by atoms with Gasteiger partial charge < -0.3 is 26.4 Å². The number of likely N-dealkylation sites (tertiary alicyclic amines) is 2. The monoisotopic (exact) mass is 326 g/mol. The molecule has 1 unspecified atom stereocenters. The van der Waals surface area contributed by atoms with Crippen LogP contribution in [-0.4, -0.2) is 69.9 Å². The van der Waals surface area contributed by atoms with E-state index >= 15 is 0 Å². The van der Waals surface area contributed by atoms with Crippen LogP contribution in [0.5, 0.6) is 0 Å². The van der Waals surface area contributed by atoms with Gasteiger partial charge in [-0.15, -0.1) is 0 Å². The minimum atomic E-state index is -1.05. The minimum absolute atomic E-state index is 0.156. The molecule has 2 saturated heterocycles. The lowest BCUT2D eigenvalue weighted by Crippen LogP contribution is -2.56. The summed E-state index contributed by atoms with van der Waals surface area (Å²) in [6.45, 7) is 4.30. The van der Waals surface area contributed by atoms with Gasteiger partial charge in [-0.25, -0.2) is 0 Å². The van der Waals surface area contributed by atoms with Crippen molar-refractivity contribution in [3.63, 3.8) is 0 Å². The molecule has 2 fully saturated rings. The third-order valence-corrected chi connectivity index (χ3v) is 4.75. The number of nitrogens with zero attached hydrogens (tertiary/aromatic N) is 2. The molecule has 0 aliphatic carbocycles. The molecule has 5 atom stereocenters. The Bertz CT molecular complexity index is 496. The molecule has 0 aromatic rings. The molecule has 3 amide bonds. The van der Waals surface area contributed by atoms with Crippen LogP contribution >= 0.6 is 0 Å². The summed E-state index contributed by atoms with van der Waals surface area (Å²) in [5.41, 5.74) is 11.1. The predicted octanol–water partition coefficient (Wildman–Crippen LogP) is -1.59. The van der Waals surface area contributed by atoms with Crippen molar-refractivity contribution in [3.8, 4) is 0 Å².